The van der Waals surface area contributed by atoms with Gasteiger partial charge in [-0.2, -0.15) is 8.42 Å². The molecule has 0 saturated carbocycles. The minimum absolute atomic E-state index is 0.0529. The van der Waals surface area contributed by atoms with Gasteiger partial charge >= 0.3 is 0 Å². The highest BCUT2D eigenvalue weighted by Gasteiger charge is 2.13. The summed E-state index contributed by atoms with van der Waals surface area (Å²) >= 11 is 0. The zero-order valence-corrected chi connectivity index (χ0v) is 12.7. The smallest absolute Gasteiger partial charge is 0.294 e. The van der Waals surface area contributed by atoms with Crippen LogP contribution in [0.3, 0.4) is 0 Å². The number of phenols is 1. The topological polar surface area (TPSA) is 104 Å². The number of hydrogen-bond donors (Lipinski definition) is 2. The Bertz CT molecular complexity index is 1000. The lowest BCUT2D eigenvalue weighted by Gasteiger charge is -2.14. The van der Waals surface area contributed by atoms with E-state index < -0.39 is 10.1 Å². The summed E-state index contributed by atoms with van der Waals surface area (Å²) in [6, 6.07) is 7.16. The summed E-state index contributed by atoms with van der Waals surface area (Å²) in [7, 11) is -0.699. The summed E-state index contributed by atoms with van der Waals surface area (Å²) in [5.41, 5.74) is 2.43. The van der Waals surface area contributed by atoms with Crippen LogP contribution >= 0.6 is 0 Å². The summed E-state index contributed by atoms with van der Waals surface area (Å²) < 4.78 is 31.4. The third kappa shape index (κ3) is 2.42. The van der Waals surface area contributed by atoms with Gasteiger partial charge in [-0.3, -0.25) is 4.55 Å². The molecule has 0 fully saturated rings. The maximum absolute atomic E-state index is 11.2. The third-order valence-electron chi connectivity index (χ3n) is 3.28. The highest BCUT2D eigenvalue weighted by atomic mass is 32.2. The van der Waals surface area contributed by atoms with E-state index in [4.69, 9.17) is 4.55 Å². The van der Waals surface area contributed by atoms with Crippen LogP contribution in [0.5, 0.6) is 5.75 Å². The SMILES string of the molecule is CN(C)c1cc2nc3ccc(S(=O)(=O)O)cc3nc2cc1O. The van der Waals surface area contributed by atoms with E-state index in [0.717, 1.165) is 0 Å². The van der Waals surface area contributed by atoms with Gasteiger partial charge in [0.1, 0.15) is 5.75 Å². The highest BCUT2D eigenvalue weighted by Crippen LogP contribution is 2.30. The van der Waals surface area contributed by atoms with E-state index in [0.29, 0.717) is 27.8 Å². The molecule has 0 bridgehead atoms. The predicted molar refractivity (Wildman–Crippen MR) is 82.9 cm³/mol. The normalized spacial score (nSPS) is 12.0. The molecule has 0 unspecified atom stereocenters. The maximum atomic E-state index is 11.2. The van der Waals surface area contributed by atoms with Gasteiger partial charge in [0.05, 0.1) is 32.6 Å². The van der Waals surface area contributed by atoms with Gasteiger partial charge in [0.2, 0.25) is 0 Å². The Hall–Kier alpha value is -2.45. The van der Waals surface area contributed by atoms with Gasteiger partial charge in [0.15, 0.2) is 0 Å². The minimum Gasteiger partial charge on any atom is -0.506 e. The monoisotopic (exact) mass is 319 g/mol. The van der Waals surface area contributed by atoms with Crippen molar-refractivity contribution in [1.82, 2.24) is 9.97 Å². The van der Waals surface area contributed by atoms with Crippen molar-refractivity contribution in [1.29, 1.82) is 0 Å². The standard InChI is InChI=1S/C14H13N3O4S/c1-17(2)13-6-11-12(7-14(13)18)16-10-5-8(22(19,20)21)3-4-9(10)15-11/h3-7,18H,1-2H3,(H,19,20,21). The molecule has 2 aromatic carbocycles. The maximum Gasteiger partial charge on any atom is 0.294 e. The van der Waals surface area contributed by atoms with Crippen LogP contribution in [0, 0.1) is 0 Å². The van der Waals surface area contributed by atoms with Crippen LogP contribution in [0.25, 0.3) is 22.1 Å². The molecule has 1 aromatic heterocycles. The summed E-state index contributed by atoms with van der Waals surface area (Å²) in [5.74, 6) is 0.0529. The second-order valence-electron chi connectivity index (χ2n) is 5.07. The fourth-order valence-electron chi connectivity index (χ4n) is 2.20. The zero-order chi connectivity index (χ0) is 16.1. The van der Waals surface area contributed by atoms with Gasteiger partial charge in [-0.1, -0.05) is 0 Å². The molecule has 0 spiro atoms. The van der Waals surface area contributed by atoms with Crippen molar-refractivity contribution in [2.24, 2.45) is 0 Å². The van der Waals surface area contributed by atoms with E-state index in [9.17, 15) is 13.5 Å². The first kappa shape index (κ1) is 14.5. The number of anilines is 1. The van der Waals surface area contributed by atoms with E-state index in [1.165, 1.54) is 24.3 Å². The molecule has 3 aromatic rings. The molecule has 0 aliphatic heterocycles. The Labute approximate surface area is 126 Å². The first-order chi connectivity index (χ1) is 10.3. The van der Waals surface area contributed by atoms with Gasteiger partial charge in [0.25, 0.3) is 10.1 Å². The third-order valence-corrected chi connectivity index (χ3v) is 4.13. The van der Waals surface area contributed by atoms with Crippen molar-refractivity contribution in [2.75, 3.05) is 19.0 Å². The average Bonchev–Trinajstić information content (AvgIpc) is 2.42. The summed E-state index contributed by atoms with van der Waals surface area (Å²) in [4.78, 5) is 10.2. The molecule has 0 aliphatic carbocycles. The first-order valence-electron chi connectivity index (χ1n) is 6.35. The molecule has 0 saturated heterocycles. The first-order valence-corrected chi connectivity index (χ1v) is 7.79. The number of hydrogen-bond acceptors (Lipinski definition) is 6. The van der Waals surface area contributed by atoms with Crippen molar-refractivity contribution < 1.29 is 18.1 Å². The molecule has 0 aliphatic rings. The Morgan fingerprint density at radius 3 is 2.18 bits per heavy atom. The molecule has 114 valence electrons. The summed E-state index contributed by atoms with van der Waals surface area (Å²) in [5, 5.41) is 9.99. The van der Waals surface area contributed by atoms with Crippen LogP contribution < -0.4 is 4.90 Å². The molecule has 2 N–H and O–H groups in total. The van der Waals surface area contributed by atoms with Crippen LogP contribution in [0.15, 0.2) is 35.2 Å². The number of phenolic OH excluding ortho intramolecular Hbond substituents is 1. The predicted octanol–water partition coefficient (Wildman–Crippen LogP) is 1.80. The van der Waals surface area contributed by atoms with Gasteiger partial charge in [-0.25, -0.2) is 9.97 Å². The van der Waals surface area contributed by atoms with Gasteiger partial charge in [-0.15, -0.1) is 0 Å². The van der Waals surface area contributed by atoms with Crippen LogP contribution in [0.4, 0.5) is 5.69 Å². The molecule has 0 amide bonds. The van der Waals surface area contributed by atoms with E-state index in [1.54, 1.807) is 25.1 Å². The summed E-state index contributed by atoms with van der Waals surface area (Å²) in [6.07, 6.45) is 0. The molecule has 3 rings (SSSR count). The Kier molecular flexibility index (Phi) is 3.15. The quantitative estimate of drug-likeness (QED) is 0.548. The van der Waals surface area contributed by atoms with Gasteiger partial charge in [-0.05, 0) is 24.3 Å². The second kappa shape index (κ2) is 4.79. The lowest BCUT2D eigenvalue weighted by atomic mass is 10.2. The fourth-order valence-corrected chi connectivity index (χ4v) is 2.70. The number of aromatic nitrogens is 2. The van der Waals surface area contributed by atoms with E-state index in [-0.39, 0.29) is 10.6 Å². The van der Waals surface area contributed by atoms with Crippen molar-refractivity contribution >= 4 is 37.9 Å². The van der Waals surface area contributed by atoms with E-state index >= 15 is 0 Å². The largest absolute Gasteiger partial charge is 0.506 e. The molecule has 22 heavy (non-hydrogen) atoms. The highest BCUT2D eigenvalue weighted by molar-refractivity contribution is 7.85. The van der Waals surface area contributed by atoms with Crippen molar-refractivity contribution in [3.05, 3.63) is 30.3 Å². The van der Waals surface area contributed by atoms with Crippen molar-refractivity contribution in [3.8, 4) is 5.75 Å². The Morgan fingerprint density at radius 2 is 1.55 bits per heavy atom. The van der Waals surface area contributed by atoms with Crippen molar-refractivity contribution in [2.45, 2.75) is 4.90 Å². The van der Waals surface area contributed by atoms with E-state index in [1.807, 2.05) is 0 Å². The molecule has 1 heterocycles. The molecular formula is C14H13N3O4S. The summed E-state index contributed by atoms with van der Waals surface area (Å²) in [6.45, 7) is 0. The number of benzene rings is 2. The van der Waals surface area contributed by atoms with Crippen LogP contribution in [0.1, 0.15) is 0 Å². The average molecular weight is 319 g/mol. The second-order valence-corrected chi connectivity index (χ2v) is 6.49. The lowest BCUT2D eigenvalue weighted by molar-refractivity contribution is 0.476. The lowest BCUT2D eigenvalue weighted by Crippen LogP contribution is -2.09. The molecule has 7 nitrogen and oxygen atoms in total. The number of nitrogens with zero attached hydrogens (tertiary/aromatic N) is 3. The number of rotatable bonds is 2. The van der Waals surface area contributed by atoms with E-state index in [2.05, 4.69) is 9.97 Å². The molecular weight excluding hydrogens is 306 g/mol. The Morgan fingerprint density at radius 1 is 0.955 bits per heavy atom. The van der Waals surface area contributed by atoms with Crippen LogP contribution in [0.2, 0.25) is 0 Å². The molecule has 0 atom stereocenters. The Balaban J connectivity index is 2.31. The van der Waals surface area contributed by atoms with Crippen molar-refractivity contribution in [3.63, 3.8) is 0 Å². The fraction of sp³-hybridized carbons (Fsp3) is 0.143. The van der Waals surface area contributed by atoms with Crippen LogP contribution in [-0.4, -0.2) is 42.1 Å². The number of aromatic hydroxyl groups is 1. The molecule has 8 heteroatoms. The minimum atomic E-state index is -4.30. The van der Waals surface area contributed by atoms with Gasteiger partial charge < -0.3 is 10.0 Å². The molecule has 0 radical (unpaired) electrons. The van der Waals surface area contributed by atoms with Gasteiger partial charge in [0, 0.05) is 20.2 Å². The zero-order valence-electron chi connectivity index (χ0n) is 11.8. The van der Waals surface area contributed by atoms with Crippen LogP contribution in [-0.2, 0) is 10.1 Å². The number of fused-ring (bicyclic) bond motifs is 2.